The van der Waals surface area contributed by atoms with Gasteiger partial charge in [0.1, 0.15) is 11.3 Å². The molecule has 1 aromatic carbocycles. The first-order chi connectivity index (χ1) is 8.99. The normalized spacial score (nSPS) is 10.7. The van der Waals surface area contributed by atoms with Crippen LogP contribution >= 0.6 is 11.6 Å². The highest BCUT2D eigenvalue weighted by Crippen LogP contribution is 2.32. The van der Waals surface area contributed by atoms with E-state index in [0.29, 0.717) is 5.56 Å². The van der Waals surface area contributed by atoms with Crippen molar-refractivity contribution in [1.29, 1.82) is 0 Å². The maximum Gasteiger partial charge on any atom is 0.387 e. The zero-order valence-corrected chi connectivity index (χ0v) is 9.90. The third kappa shape index (κ3) is 2.82. The average molecular weight is 290 g/mol. The molecular weight excluding hydrogens is 284 g/mol. The Hall–Kier alpha value is -2.15. The number of benzene rings is 1. The Balaban J connectivity index is 2.39. The molecule has 0 spiro atoms. The van der Waals surface area contributed by atoms with Crippen molar-refractivity contribution in [1.82, 2.24) is 5.16 Å². The Kier molecular flexibility index (Phi) is 3.66. The van der Waals surface area contributed by atoms with Gasteiger partial charge in [-0.2, -0.15) is 8.78 Å². The van der Waals surface area contributed by atoms with Gasteiger partial charge >= 0.3 is 12.6 Å². The van der Waals surface area contributed by atoms with E-state index in [1.807, 2.05) is 0 Å². The summed E-state index contributed by atoms with van der Waals surface area (Å²) in [4.78, 5) is 10.9. The van der Waals surface area contributed by atoms with Crippen LogP contribution in [0.1, 0.15) is 10.4 Å². The molecule has 2 aromatic rings. The molecular formula is C11H6ClF2NO4. The van der Waals surface area contributed by atoms with Crippen LogP contribution in [0.2, 0.25) is 5.02 Å². The predicted molar refractivity (Wildman–Crippen MR) is 60.5 cm³/mol. The molecule has 0 fully saturated rings. The standard InChI is InChI=1S/C11H6ClF2NO4/c12-7-3-5(1-2-8(7)18-11(13)14)9-6(10(16)17)4-15-19-9/h1-4,11H,(H,16,17). The minimum Gasteiger partial charge on any atom is -0.477 e. The van der Waals surface area contributed by atoms with Crippen molar-refractivity contribution in [2.45, 2.75) is 6.61 Å². The van der Waals surface area contributed by atoms with Gasteiger partial charge in [-0.3, -0.25) is 0 Å². The van der Waals surface area contributed by atoms with Crippen molar-refractivity contribution >= 4 is 17.6 Å². The molecule has 0 aliphatic carbocycles. The van der Waals surface area contributed by atoms with Crippen molar-refractivity contribution in [2.24, 2.45) is 0 Å². The van der Waals surface area contributed by atoms with E-state index in [4.69, 9.17) is 21.2 Å². The summed E-state index contributed by atoms with van der Waals surface area (Å²) in [5.41, 5.74) is 0.139. The van der Waals surface area contributed by atoms with E-state index >= 15 is 0 Å². The highest BCUT2D eigenvalue weighted by molar-refractivity contribution is 6.32. The third-order valence-electron chi connectivity index (χ3n) is 2.21. The van der Waals surface area contributed by atoms with Crippen LogP contribution < -0.4 is 4.74 Å². The topological polar surface area (TPSA) is 72.6 Å². The monoisotopic (exact) mass is 289 g/mol. The maximum atomic E-state index is 12.1. The maximum absolute atomic E-state index is 12.1. The van der Waals surface area contributed by atoms with E-state index in [2.05, 4.69) is 9.89 Å². The molecule has 1 N–H and O–H groups in total. The Morgan fingerprint density at radius 2 is 2.21 bits per heavy atom. The summed E-state index contributed by atoms with van der Waals surface area (Å²) in [6.45, 7) is -3.00. The van der Waals surface area contributed by atoms with Crippen molar-refractivity contribution in [3.8, 4) is 17.1 Å². The average Bonchev–Trinajstić information content (AvgIpc) is 2.80. The summed E-state index contributed by atoms with van der Waals surface area (Å²) in [6, 6.07) is 3.79. The summed E-state index contributed by atoms with van der Waals surface area (Å²) < 4.78 is 33.1. The Morgan fingerprint density at radius 1 is 1.47 bits per heavy atom. The molecule has 0 aliphatic rings. The van der Waals surface area contributed by atoms with Crippen LogP contribution in [0.3, 0.4) is 0 Å². The minimum atomic E-state index is -3.00. The van der Waals surface area contributed by atoms with Crippen LogP contribution in [-0.4, -0.2) is 22.8 Å². The molecule has 0 aliphatic heterocycles. The molecule has 2 rings (SSSR count). The van der Waals surface area contributed by atoms with Crippen molar-refractivity contribution in [3.05, 3.63) is 35.0 Å². The van der Waals surface area contributed by atoms with E-state index < -0.39 is 12.6 Å². The van der Waals surface area contributed by atoms with E-state index in [0.717, 1.165) is 6.20 Å². The van der Waals surface area contributed by atoms with Gasteiger partial charge in [-0.25, -0.2) is 4.79 Å². The van der Waals surface area contributed by atoms with Gasteiger partial charge in [0.15, 0.2) is 5.76 Å². The molecule has 1 aromatic heterocycles. The number of rotatable bonds is 4. The molecule has 0 bridgehead atoms. The fraction of sp³-hybridized carbons (Fsp3) is 0.0909. The molecule has 5 nitrogen and oxygen atoms in total. The number of hydrogen-bond acceptors (Lipinski definition) is 4. The largest absolute Gasteiger partial charge is 0.477 e. The number of halogens is 3. The van der Waals surface area contributed by atoms with Gasteiger partial charge in [0.25, 0.3) is 0 Å². The number of carboxylic acid groups (broad SMARTS) is 1. The number of carboxylic acids is 1. The number of alkyl halides is 2. The van der Waals surface area contributed by atoms with Gasteiger partial charge in [0.2, 0.25) is 0 Å². The summed E-state index contributed by atoms with van der Waals surface area (Å²) in [5, 5.41) is 12.2. The van der Waals surface area contributed by atoms with Gasteiger partial charge in [0, 0.05) is 5.56 Å². The highest BCUT2D eigenvalue weighted by Gasteiger charge is 2.18. The van der Waals surface area contributed by atoms with Crippen LogP contribution in [0.25, 0.3) is 11.3 Å². The number of carbonyl (C=O) groups is 1. The first-order valence-corrected chi connectivity index (χ1v) is 5.29. The van der Waals surface area contributed by atoms with Gasteiger partial charge < -0.3 is 14.4 Å². The van der Waals surface area contributed by atoms with Crippen LogP contribution in [0.4, 0.5) is 8.78 Å². The number of ether oxygens (including phenoxy) is 1. The summed E-state index contributed by atoms with van der Waals surface area (Å²) in [5.74, 6) is -1.45. The Labute approximate surface area is 110 Å². The van der Waals surface area contributed by atoms with Gasteiger partial charge in [0.05, 0.1) is 11.2 Å². The molecule has 0 atom stereocenters. The van der Waals surface area contributed by atoms with E-state index in [-0.39, 0.29) is 22.1 Å². The second-order valence-electron chi connectivity index (χ2n) is 3.40. The molecule has 0 saturated heterocycles. The SMILES string of the molecule is O=C(O)c1cnoc1-c1ccc(OC(F)F)c(Cl)c1. The summed E-state index contributed by atoms with van der Waals surface area (Å²) in [6.07, 6.45) is 1.04. The van der Waals surface area contributed by atoms with Gasteiger partial charge in [-0.05, 0) is 18.2 Å². The van der Waals surface area contributed by atoms with E-state index in [1.165, 1.54) is 18.2 Å². The molecule has 1 heterocycles. The predicted octanol–water partition coefficient (Wildman–Crippen LogP) is 3.29. The fourth-order valence-electron chi connectivity index (χ4n) is 1.43. The van der Waals surface area contributed by atoms with E-state index in [1.54, 1.807) is 0 Å². The zero-order chi connectivity index (χ0) is 14.0. The molecule has 0 radical (unpaired) electrons. The quantitative estimate of drug-likeness (QED) is 0.935. The molecule has 0 saturated carbocycles. The molecule has 0 unspecified atom stereocenters. The van der Waals surface area contributed by atoms with Crippen LogP contribution in [-0.2, 0) is 0 Å². The van der Waals surface area contributed by atoms with Gasteiger partial charge in [-0.15, -0.1) is 0 Å². The third-order valence-corrected chi connectivity index (χ3v) is 2.51. The lowest BCUT2D eigenvalue weighted by Gasteiger charge is -2.07. The number of aromatic carboxylic acids is 1. The second kappa shape index (κ2) is 5.23. The highest BCUT2D eigenvalue weighted by atomic mass is 35.5. The second-order valence-corrected chi connectivity index (χ2v) is 3.80. The van der Waals surface area contributed by atoms with E-state index in [9.17, 15) is 13.6 Å². The Bertz CT molecular complexity index is 614. The molecule has 0 amide bonds. The lowest BCUT2D eigenvalue weighted by molar-refractivity contribution is -0.0497. The van der Waals surface area contributed by atoms with Gasteiger partial charge in [-0.1, -0.05) is 16.8 Å². The first-order valence-electron chi connectivity index (χ1n) is 4.91. The zero-order valence-electron chi connectivity index (χ0n) is 9.14. The Morgan fingerprint density at radius 3 is 2.79 bits per heavy atom. The minimum absolute atomic E-state index is 0.0157. The summed E-state index contributed by atoms with van der Waals surface area (Å²) in [7, 11) is 0. The van der Waals surface area contributed by atoms with Crippen LogP contribution in [0.15, 0.2) is 28.9 Å². The lowest BCUT2D eigenvalue weighted by atomic mass is 10.1. The molecule has 100 valence electrons. The van der Waals surface area contributed by atoms with Crippen LogP contribution in [0, 0.1) is 0 Å². The number of hydrogen-bond donors (Lipinski definition) is 1. The van der Waals surface area contributed by atoms with Crippen molar-refractivity contribution < 1.29 is 27.9 Å². The first kappa shape index (κ1) is 13.3. The smallest absolute Gasteiger partial charge is 0.387 e. The van der Waals surface area contributed by atoms with Crippen molar-refractivity contribution in [3.63, 3.8) is 0 Å². The van der Waals surface area contributed by atoms with Crippen molar-refractivity contribution in [2.75, 3.05) is 0 Å². The number of nitrogens with zero attached hydrogens (tertiary/aromatic N) is 1. The number of aromatic nitrogens is 1. The molecule has 19 heavy (non-hydrogen) atoms. The molecule has 8 heteroatoms. The lowest BCUT2D eigenvalue weighted by Crippen LogP contribution is -2.02. The summed E-state index contributed by atoms with van der Waals surface area (Å²) >= 11 is 5.75. The van der Waals surface area contributed by atoms with Crippen LogP contribution in [0.5, 0.6) is 5.75 Å². The fourth-order valence-corrected chi connectivity index (χ4v) is 1.66.